The van der Waals surface area contributed by atoms with Gasteiger partial charge in [-0.3, -0.25) is 4.90 Å². The van der Waals surface area contributed by atoms with Crippen LogP contribution in [0, 0.1) is 11.3 Å². The van der Waals surface area contributed by atoms with E-state index in [9.17, 15) is 13.2 Å². The summed E-state index contributed by atoms with van der Waals surface area (Å²) in [4.78, 5) is 7.23. The molecule has 1 aliphatic rings. The Kier molecular flexibility index (Phi) is 3.90. The third-order valence-electron chi connectivity index (χ3n) is 3.00. The van der Waals surface area contributed by atoms with Crippen LogP contribution in [-0.4, -0.2) is 48.8 Å². The molecule has 2 rings (SSSR count). The summed E-state index contributed by atoms with van der Waals surface area (Å²) in [6.45, 7) is 0.907. The van der Waals surface area contributed by atoms with Crippen LogP contribution in [0.2, 0.25) is 0 Å². The molecule has 7 heteroatoms. The minimum absolute atomic E-state index is 0.315. The maximum absolute atomic E-state index is 12.3. The second kappa shape index (κ2) is 5.45. The summed E-state index contributed by atoms with van der Waals surface area (Å²) < 4.78 is 36.8. The highest BCUT2D eigenvalue weighted by molar-refractivity contribution is 5.49. The molecule has 1 fully saturated rings. The van der Waals surface area contributed by atoms with Crippen LogP contribution in [0.4, 0.5) is 18.9 Å². The summed E-state index contributed by atoms with van der Waals surface area (Å²) in [6.07, 6.45) is -2.61. The average Bonchev–Trinajstić information content (AvgIpc) is 2.38. The maximum atomic E-state index is 12.3. The molecule has 0 atom stereocenters. The quantitative estimate of drug-likeness (QED) is 0.819. The zero-order chi connectivity index (χ0) is 13.9. The van der Waals surface area contributed by atoms with Crippen molar-refractivity contribution in [3.8, 4) is 6.07 Å². The smallest absolute Gasteiger partial charge is 0.369 e. The van der Waals surface area contributed by atoms with E-state index in [1.54, 1.807) is 12.1 Å². The van der Waals surface area contributed by atoms with Crippen LogP contribution in [0.1, 0.15) is 5.69 Å². The largest absolute Gasteiger partial charge is 0.401 e. The van der Waals surface area contributed by atoms with Crippen molar-refractivity contribution in [1.82, 2.24) is 9.88 Å². The van der Waals surface area contributed by atoms with Gasteiger partial charge in [0.15, 0.2) is 0 Å². The van der Waals surface area contributed by atoms with Crippen LogP contribution in [0.3, 0.4) is 0 Å². The topological polar surface area (TPSA) is 43.2 Å². The van der Waals surface area contributed by atoms with Gasteiger partial charge in [0.05, 0.1) is 6.54 Å². The molecule has 0 spiro atoms. The molecule has 0 unspecified atom stereocenters. The predicted octanol–water partition coefficient (Wildman–Crippen LogP) is 1.64. The molecule has 0 bridgehead atoms. The Labute approximate surface area is 109 Å². The molecule has 1 saturated heterocycles. The number of nitriles is 1. The van der Waals surface area contributed by atoms with E-state index in [1.165, 1.54) is 11.1 Å². The van der Waals surface area contributed by atoms with Gasteiger partial charge in [0, 0.05) is 38.1 Å². The molecule has 0 N–H and O–H groups in total. The number of halogens is 3. The molecule has 0 amide bonds. The number of nitrogens with zero attached hydrogens (tertiary/aromatic N) is 4. The fraction of sp³-hybridized carbons (Fsp3) is 0.500. The lowest BCUT2D eigenvalue weighted by molar-refractivity contribution is -0.146. The van der Waals surface area contributed by atoms with Crippen LogP contribution in [0.5, 0.6) is 0 Å². The first-order valence-electron chi connectivity index (χ1n) is 5.88. The lowest BCUT2D eigenvalue weighted by Crippen LogP contribution is -2.49. The lowest BCUT2D eigenvalue weighted by Gasteiger charge is -2.36. The van der Waals surface area contributed by atoms with Gasteiger partial charge in [-0.25, -0.2) is 4.98 Å². The average molecular weight is 270 g/mol. The molecule has 1 aliphatic heterocycles. The normalized spacial score (nSPS) is 17.3. The molecule has 4 nitrogen and oxygen atoms in total. The fourth-order valence-corrected chi connectivity index (χ4v) is 2.09. The Morgan fingerprint density at radius 2 is 1.95 bits per heavy atom. The van der Waals surface area contributed by atoms with Gasteiger partial charge in [0.2, 0.25) is 0 Å². The zero-order valence-corrected chi connectivity index (χ0v) is 10.2. The van der Waals surface area contributed by atoms with Gasteiger partial charge in [-0.1, -0.05) is 0 Å². The Bertz CT molecular complexity index is 473. The Balaban J connectivity index is 1.94. The van der Waals surface area contributed by atoms with E-state index >= 15 is 0 Å². The minimum atomic E-state index is -4.15. The number of aromatic nitrogens is 1. The molecular formula is C12H13F3N4. The first-order chi connectivity index (χ1) is 8.98. The number of pyridine rings is 1. The second-order valence-corrected chi connectivity index (χ2v) is 4.39. The molecular weight excluding hydrogens is 257 g/mol. The highest BCUT2D eigenvalue weighted by atomic mass is 19.4. The molecule has 0 aromatic carbocycles. The van der Waals surface area contributed by atoms with E-state index in [-0.39, 0.29) is 0 Å². The van der Waals surface area contributed by atoms with Gasteiger partial charge in [0.25, 0.3) is 0 Å². The first kappa shape index (κ1) is 13.6. The number of rotatable bonds is 2. The zero-order valence-electron chi connectivity index (χ0n) is 10.2. The van der Waals surface area contributed by atoms with Gasteiger partial charge in [0.1, 0.15) is 11.8 Å². The lowest BCUT2D eigenvalue weighted by atomic mass is 10.2. The van der Waals surface area contributed by atoms with Crippen molar-refractivity contribution in [2.75, 3.05) is 37.6 Å². The van der Waals surface area contributed by atoms with Crippen molar-refractivity contribution in [2.24, 2.45) is 0 Å². The van der Waals surface area contributed by atoms with E-state index in [1.807, 2.05) is 11.0 Å². The van der Waals surface area contributed by atoms with Crippen LogP contribution >= 0.6 is 0 Å². The highest BCUT2D eigenvalue weighted by Crippen LogP contribution is 2.20. The number of hydrogen-bond donors (Lipinski definition) is 0. The third kappa shape index (κ3) is 3.83. The molecule has 0 aliphatic carbocycles. The van der Waals surface area contributed by atoms with Gasteiger partial charge in [-0.2, -0.15) is 18.4 Å². The van der Waals surface area contributed by atoms with Crippen molar-refractivity contribution < 1.29 is 13.2 Å². The number of anilines is 1. The first-order valence-corrected chi connectivity index (χ1v) is 5.88. The van der Waals surface area contributed by atoms with Gasteiger partial charge in [-0.15, -0.1) is 0 Å². The monoisotopic (exact) mass is 270 g/mol. The second-order valence-electron chi connectivity index (χ2n) is 4.39. The van der Waals surface area contributed by atoms with E-state index in [0.717, 1.165) is 5.69 Å². The Morgan fingerprint density at radius 1 is 1.26 bits per heavy atom. The predicted molar refractivity (Wildman–Crippen MR) is 63.7 cm³/mol. The molecule has 1 aromatic rings. The third-order valence-corrected chi connectivity index (χ3v) is 3.00. The number of piperazine rings is 1. The number of hydrogen-bond acceptors (Lipinski definition) is 4. The van der Waals surface area contributed by atoms with Gasteiger partial charge < -0.3 is 4.90 Å². The van der Waals surface area contributed by atoms with E-state index < -0.39 is 12.7 Å². The Morgan fingerprint density at radius 3 is 2.53 bits per heavy atom. The molecule has 1 aromatic heterocycles. The summed E-state index contributed by atoms with van der Waals surface area (Å²) in [5.74, 6) is 0. The fourth-order valence-electron chi connectivity index (χ4n) is 2.09. The highest BCUT2D eigenvalue weighted by Gasteiger charge is 2.32. The van der Waals surface area contributed by atoms with Gasteiger partial charge in [-0.05, 0) is 12.1 Å². The van der Waals surface area contributed by atoms with Crippen molar-refractivity contribution in [2.45, 2.75) is 6.18 Å². The van der Waals surface area contributed by atoms with E-state index in [0.29, 0.717) is 31.9 Å². The van der Waals surface area contributed by atoms with Crippen LogP contribution < -0.4 is 4.90 Å². The van der Waals surface area contributed by atoms with Crippen LogP contribution in [-0.2, 0) is 0 Å². The standard InChI is InChI=1S/C12H13F3N4/c13-12(14,15)9-18-3-5-19(6-4-18)11-1-2-17-10(7-11)8-16/h1-2,7H,3-6,9H2. The summed E-state index contributed by atoms with van der Waals surface area (Å²) in [6, 6.07) is 5.37. The van der Waals surface area contributed by atoms with E-state index in [4.69, 9.17) is 5.26 Å². The summed E-state index contributed by atoms with van der Waals surface area (Å²) in [5, 5.41) is 8.77. The van der Waals surface area contributed by atoms with Crippen LogP contribution in [0.15, 0.2) is 18.3 Å². The van der Waals surface area contributed by atoms with Crippen molar-refractivity contribution in [3.63, 3.8) is 0 Å². The van der Waals surface area contributed by atoms with Crippen molar-refractivity contribution in [1.29, 1.82) is 5.26 Å². The van der Waals surface area contributed by atoms with Crippen LogP contribution in [0.25, 0.3) is 0 Å². The number of alkyl halides is 3. The molecule has 0 radical (unpaired) electrons. The van der Waals surface area contributed by atoms with Gasteiger partial charge >= 0.3 is 6.18 Å². The van der Waals surface area contributed by atoms with Crippen molar-refractivity contribution in [3.05, 3.63) is 24.0 Å². The molecule has 2 heterocycles. The summed E-state index contributed by atoms with van der Waals surface area (Å²) in [5.41, 5.74) is 1.15. The molecule has 19 heavy (non-hydrogen) atoms. The Hall–Kier alpha value is -1.81. The SMILES string of the molecule is N#Cc1cc(N2CCN(CC(F)(F)F)CC2)ccn1. The molecule has 0 saturated carbocycles. The summed E-state index contributed by atoms with van der Waals surface area (Å²) >= 11 is 0. The summed E-state index contributed by atoms with van der Waals surface area (Å²) in [7, 11) is 0. The minimum Gasteiger partial charge on any atom is -0.369 e. The van der Waals surface area contributed by atoms with Crippen molar-refractivity contribution >= 4 is 5.69 Å². The van der Waals surface area contributed by atoms with E-state index in [2.05, 4.69) is 4.98 Å². The molecule has 102 valence electrons. The maximum Gasteiger partial charge on any atom is 0.401 e.